The van der Waals surface area contributed by atoms with Crippen molar-refractivity contribution in [3.63, 3.8) is 0 Å². The van der Waals surface area contributed by atoms with Crippen molar-refractivity contribution in [2.45, 2.75) is 19.8 Å². The van der Waals surface area contributed by atoms with E-state index < -0.39 is 0 Å². The molecule has 0 fully saturated rings. The lowest BCUT2D eigenvalue weighted by Gasteiger charge is -2.14. The Kier molecular flexibility index (Phi) is 3.27. The molecule has 0 radical (unpaired) electrons. The maximum atomic E-state index is 5.30. The molecular formula is C16H16. The lowest BCUT2D eigenvalue weighted by Crippen LogP contribution is -1.98. The van der Waals surface area contributed by atoms with E-state index in [0.717, 1.165) is 12.8 Å². The molecule has 2 rings (SSSR count). The van der Waals surface area contributed by atoms with Gasteiger partial charge in [0.05, 0.1) is 0 Å². The first-order chi connectivity index (χ1) is 7.83. The van der Waals surface area contributed by atoms with E-state index >= 15 is 0 Å². The zero-order chi connectivity index (χ0) is 11.4. The molecule has 0 amide bonds. The van der Waals surface area contributed by atoms with E-state index in [4.69, 9.17) is 6.42 Å². The molecule has 0 N–H and O–H groups in total. The van der Waals surface area contributed by atoms with Gasteiger partial charge in [-0.1, -0.05) is 55.0 Å². The first kappa shape index (κ1) is 10.8. The van der Waals surface area contributed by atoms with Crippen LogP contribution in [-0.4, -0.2) is 0 Å². The zero-order valence-corrected chi connectivity index (χ0v) is 9.61. The van der Waals surface area contributed by atoms with Gasteiger partial charge in [-0.15, -0.1) is 12.3 Å². The van der Waals surface area contributed by atoms with Crippen molar-refractivity contribution in [3.05, 3.63) is 53.6 Å². The fourth-order valence-corrected chi connectivity index (χ4v) is 2.18. The summed E-state index contributed by atoms with van der Waals surface area (Å²) in [6, 6.07) is 10.6. The minimum Gasteiger partial charge on any atom is -0.120 e. The fraction of sp³-hybridized carbons (Fsp3) is 0.250. The molecule has 80 valence electrons. The average molecular weight is 208 g/mol. The molecule has 1 aromatic carbocycles. The van der Waals surface area contributed by atoms with Crippen LogP contribution in [0.3, 0.4) is 0 Å². The van der Waals surface area contributed by atoms with Crippen molar-refractivity contribution in [2.24, 2.45) is 5.92 Å². The van der Waals surface area contributed by atoms with Gasteiger partial charge in [-0.3, -0.25) is 0 Å². The summed E-state index contributed by atoms with van der Waals surface area (Å²) in [4.78, 5) is 0. The van der Waals surface area contributed by atoms with Crippen LogP contribution in [0.1, 0.15) is 25.3 Å². The number of benzene rings is 1. The Morgan fingerprint density at radius 1 is 1.19 bits per heavy atom. The zero-order valence-electron chi connectivity index (χ0n) is 9.61. The third-order valence-corrected chi connectivity index (χ3v) is 3.16. The van der Waals surface area contributed by atoms with E-state index in [1.54, 1.807) is 0 Å². The molecule has 0 saturated heterocycles. The fourth-order valence-electron chi connectivity index (χ4n) is 2.18. The van der Waals surface area contributed by atoms with E-state index in [1.807, 2.05) is 0 Å². The van der Waals surface area contributed by atoms with Crippen molar-refractivity contribution in [1.82, 2.24) is 0 Å². The van der Waals surface area contributed by atoms with Crippen molar-refractivity contribution in [2.75, 3.05) is 0 Å². The number of hydrogen-bond acceptors (Lipinski definition) is 0. The molecule has 0 aromatic heterocycles. The Balaban J connectivity index is 2.11. The number of allylic oxidation sites excluding steroid dienone is 4. The van der Waals surface area contributed by atoms with Crippen LogP contribution in [0.5, 0.6) is 0 Å². The van der Waals surface area contributed by atoms with Crippen LogP contribution in [0, 0.1) is 18.3 Å². The minimum atomic E-state index is 0.510. The lowest BCUT2D eigenvalue weighted by molar-refractivity contribution is 0.818. The maximum absolute atomic E-state index is 5.30. The summed E-state index contributed by atoms with van der Waals surface area (Å²) < 4.78 is 0. The Morgan fingerprint density at radius 2 is 1.94 bits per heavy atom. The highest BCUT2D eigenvalue weighted by Gasteiger charge is 2.18. The topological polar surface area (TPSA) is 0 Å². The molecule has 1 aliphatic carbocycles. The standard InChI is InChI=1S/C16H16/c1-3-4-8-14-11-12-16(13(14)2)15-9-6-5-7-10-15/h1,5-7,9-13H,4,8H2,2H3. The van der Waals surface area contributed by atoms with E-state index in [2.05, 4.69) is 55.3 Å². The quantitative estimate of drug-likeness (QED) is 0.657. The monoisotopic (exact) mass is 208 g/mol. The van der Waals surface area contributed by atoms with Crippen molar-refractivity contribution in [1.29, 1.82) is 0 Å². The van der Waals surface area contributed by atoms with Gasteiger partial charge >= 0.3 is 0 Å². The largest absolute Gasteiger partial charge is 0.120 e. The second kappa shape index (κ2) is 4.86. The highest BCUT2D eigenvalue weighted by atomic mass is 14.2. The van der Waals surface area contributed by atoms with Crippen LogP contribution < -0.4 is 0 Å². The van der Waals surface area contributed by atoms with Crippen LogP contribution in [0.4, 0.5) is 0 Å². The number of hydrogen-bond donors (Lipinski definition) is 0. The number of rotatable bonds is 3. The highest BCUT2D eigenvalue weighted by molar-refractivity contribution is 5.74. The predicted molar refractivity (Wildman–Crippen MR) is 69.7 cm³/mol. The molecule has 0 aliphatic heterocycles. The first-order valence-electron chi connectivity index (χ1n) is 5.72. The van der Waals surface area contributed by atoms with Crippen molar-refractivity contribution < 1.29 is 0 Å². The van der Waals surface area contributed by atoms with Gasteiger partial charge in [0.1, 0.15) is 0 Å². The van der Waals surface area contributed by atoms with Crippen LogP contribution in [0.15, 0.2) is 48.1 Å². The van der Waals surface area contributed by atoms with Gasteiger partial charge in [-0.25, -0.2) is 0 Å². The van der Waals surface area contributed by atoms with Gasteiger partial charge in [0, 0.05) is 12.3 Å². The molecule has 1 aromatic rings. The molecule has 0 bridgehead atoms. The molecule has 0 saturated carbocycles. The second-order valence-electron chi connectivity index (χ2n) is 4.16. The predicted octanol–water partition coefficient (Wildman–Crippen LogP) is 4.06. The molecule has 0 heteroatoms. The van der Waals surface area contributed by atoms with E-state index in [1.165, 1.54) is 16.7 Å². The Hall–Kier alpha value is -1.74. The Labute approximate surface area is 97.7 Å². The molecular weight excluding hydrogens is 192 g/mol. The molecule has 0 spiro atoms. The number of terminal acetylenes is 1. The second-order valence-corrected chi connectivity index (χ2v) is 4.16. The third kappa shape index (κ3) is 2.09. The van der Waals surface area contributed by atoms with Crippen LogP contribution in [0.25, 0.3) is 5.57 Å². The summed E-state index contributed by atoms with van der Waals surface area (Å²) in [6.45, 7) is 2.26. The smallest absolute Gasteiger partial charge is 0.0124 e. The van der Waals surface area contributed by atoms with Crippen LogP contribution >= 0.6 is 0 Å². The van der Waals surface area contributed by atoms with Crippen LogP contribution in [-0.2, 0) is 0 Å². The summed E-state index contributed by atoms with van der Waals surface area (Å²) >= 11 is 0. The minimum absolute atomic E-state index is 0.510. The first-order valence-corrected chi connectivity index (χ1v) is 5.72. The maximum Gasteiger partial charge on any atom is 0.0124 e. The van der Waals surface area contributed by atoms with Crippen LogP contribution in [0.2, 0.25) is 0 Å². The Morgan fingerprint density at radius 3 is 2.62 bits per heavy atom. The molecule has 16 heavy (non-hydrogen) atoms. The van der Waals surface area contributed by atoms with Gasteiger partial charge in [-0.05, 0) is 17.6 Å². The van der Waals surface area contributed by atoms with E-state index in [-0.39, 0.29) is 0 Å². The van der Waals surface area contributed by atoms with E-state index in [0.29, 0.717) is 5.92 Å². The summed E-state index contributed by atoms with van der Waals surface area (Å²) in [7, 11) is 0. The SMILES string of the molecule is C#CCCC1=CC=C(c2ccccc2)C1C. The molecule has 1 atom stereocenters. The molecule has 1 unspecified atom stereocenters. The lowest BCUT2D eigenvalue weighted by atomic mass is 9.90. The summed E-state index contributed by atoms with van der Waals surface area (Å²) in [6.07, 6.45) is 11.6. The molecule has 1 aliphatic rings. The summed E-state index contributed by atoms with van der Waals surface area (Å²) in [5.41, 5.74) is 4.19. The van der Waals surface area contributed by atoms with Gasteiger partial charge in [-0.2, -0.15) is 0 Å². The third-order valence-electron chi connectivity index (χ3n) is 3.16. The van der Waals surface area contributed by atoms with Gasteiger partial charge in [0.25, 0.3) is 0 Å². The summed E-state index contributed by atoms with van der Waals surface area (Å²) in [5, 5.41) is 0. The van der Waals surface area contributed by atoms with Crippen molar-refractivity contribution >= 4 is 5.57 Å². The van der Waals surface area contributed by atoms with Gasteiger partial charge in [0.15, 0.2) is 0 Å². The van der Waals surface area contributed by atoms with E-state index in [9.17, 15) is 0 Å². The summed E-state index contributed by atoms with van der Waals surface area (Å²) in [5.74, 6) is 3.22. The van der Waals surface area contributed by atoms with Crippen molar-refractivity contribution in [3.8, 4) is 12.3 Å². The Bertz CT molecular complexity index is 455. The normalized spacial score (nSPS) is 18.9. The van der Waals surface area contributed by atoms with Gasteiger partial charge in [0.2, 0.25) is 0 Å². The molecule has 0 nitrogen and oxygen atoms in total. The molecule has 0 heterocycles. The average Bonchev–Trinajstić information content (AvgIpc) is 2.69. The highest BCUT2D eigenvalue weighted by Crippen LogP contribution is 2.35. The van der Waals surface area contributed by atoms with Gasteiger partial charge < -0.3 is 0 Å².